The minimum Gasteiger partial charge on any atom is -0.345 e. The molecule has 0 aromatic carbocycles. The second-order valence-corrected chi connectivity index (χ2v) is 3.72. The Balaban J connectivity index is 2.05. The molecule has 0 aliphatic heterocycles. The van der Waals surface area contributed by atoms with Gasteiger partial charge in [0.15, 0.2) is 0 Å². The van der Waals surface area contributed by atoms with Gasteiger partial charge in [0.05, 0.1) is 11.6 Å². The molecule has 1 N–H and O–H groups in total. The monoisotopic (exact) mass is 227 g/mol. The highest BCUT2D eigenvalue weighted by Gasteiger charge is 2.10. The van der Waals surface area contributed by atoms with Crippen LogP contribution in [0.4, 0.5) is 0 Å². The van der Waals surface area contributed by atoms with Crippen LogP contribution < -0.4 is 5.32 Å². The van der Waals surface area contributed by atoms with Gasteiger partial charge in [-0.3, -0.25) is 14.8 Å². The summed E-state index contributed by atoms with van der Waals surface area (Å²) >= 11 is 0. The number of carbonyl (C=O) groups excluding carboxylic acids is 1. The number of hydrogen-bond donors (Lipinski definition) is 1. The van der Waals surface area contributed by atoms with Crippen molar-refractivity contribution >= 4 is 5.91 Å². The SMILES string of the molecule is C[C@@H](NC(=O)c1cccnc1)c1ccncc1. The molecule has 0 aliphatic carbocycles. The fraction of sp³-hybridized carbons (Fsp3) is 0.154. The molecule has 0 unspecified atom stereocenters. The van der Waals surface area contributed by atoms with Gasteiger partial charge in [-0.05, 0) is 36.8 Å². The maximum atomic E-state index is 11.9. The zero-order valence-corrected chi connectivity index (χ0v) is 9.50. The molecule has 2 aromatic rings. The molecule has 2 aromatic heterocycles. The summed E-state index contributed by atoms with van der Waals surface area (Å²) in [4.78, 5) is 19.7. The van der Waals surface area contributed by atoms with E-state index in [1.54, 1.807) is 36.9 Å². The van der Waals surface area contributed by atoms with Crippen LogP contribution >= 0.6 is 0 Å². The van der Waals surface area contributed by atoms with Crippen molar-refractivity contribution in [3.05, 3.63) is 60.2 Å². The van der Waals surface area contributed by atoms with Crippen LogP contribution in [0.2, 0.25) is 0 Å². The molecule has 17 heavy (non-hydrogen) atoms. The number of rotatable bonds is 3. The maximum absolute atomic E-state index is 11.9. The molecule has 0 aliphatic rings. The highest BCUT2D eigenvalue weighted by molar-refractivity contribution is 5.94. The second kappa shape index (κ2) is 5.21. The first kappa shape index (κ1) is 11.3. The summed E-state index contributed by atoms with van der Waals surface area (Å²) in [5, 5.41) is 2.91. The largest absolute Gasteiger partial charge is 0.345 e. The summed E-state index contributed by atoms with van der Waals surface area (Å²) in [5.41, 5.74) is 1.59. The highest BCUT2D eigenvalue weighted by Crippen LogP contribution is 2.11. The predicted molar refractivity (Wildman–Crippen MR) is 64.4 cm³/mol. The van der Waals surface area contributed by atoms with Crippen LogP contribution in [-0.4, -0.2) is 15.9 Å². The minimum absolute atomic E-state index is 0.0503. The Morgan fingerprint density at radius 1 is 1.18 bits per heavy atom. The number of carbonyl (C=O) groups is 1. The number of nitrogens with zero attached hydrogens (tertiary/aromatic N) is 2. The van der Waals surface area contributed by atoms with E-state index in [4.69, 9.17) is 0 Å². The van der Waals surface area contributed by atoms with E-state index in [9.17, 15) is 4.79 Å². The van der Waals surface area contributed by atoms with Gasteiger partial charge >= 0.3 is 0 Å². The maximum Gasteiger partial charge on any atom is 0.253 e. The van der Waals surface area contributed by atoms with Crippen molar-refractivity contribution < 1.29 is 4.79 Å². The summed E-state index contributed by atoms with van der Waals surface area (Å²) in [7, 11) is 0. The van der Waals surface area contributed by atoms with Gasteiger partial charge in [0.2, 0.25) is 0 Å². The smallest absolute Gasteiger partial charge is 0.253 e. The summed E-state index contributed by atoms with van der Waals surface area (Å²) in [6, 6.07) is 7.20. The minimum atomic E-state index is -0.123. The summed E-state index contributed by atoms with van der Waals surface area (Å²) < 4.78 is 0. The molecule has 1 atom stereocenters. The Bertz CT molecular complexity index is 485. The van der Waals surface area contributed by atoms with Gasteiger partial charge in [-0.1, -0.05) is 0 Å². The summed E-state index contributed by atoms with van der Waals surface area (Å²) in [5.74, 6) is -0.123. The van der Waals surface area contributed by atoms with E-state index >= 15 is 0 Å². The topological polar surface area (TPSA) is 54.9 Å². The van der Waals surface area contributed by atoms with Crippen LogP contribution in [-0.2, 0) is 0 Å². The highest BCUT2D eigenvalue weighted by atomic mass is 16.1. The van der Waals surface area contributed by atoms with E-state index in [-0.39, 0.29) is 11.9 Å². The molecule has 4 nitrogen and oxygen atoms in total. The Morgan fingerprint density at radius 3 is 2.59 bits per heavy atom. The zero-order chi connectivity index (χ0) is 12.1. The van der Waals surface area contributed by atoms with Crippen molar-refractivity contribution in [2.45, 2.75) is 13.0 Å². The number of amides is 1. The van der Waals surface area contributed by atoms with Gasteiger partial charge in [-0.25, -0.2) is 0 Å². The molecule has 0 radical (unpaired) electrons. The fourth-order valence-corrected chi connectivity index (χ4v) is 1.51. The normalized spacial score (nSPS) is 11.8. The molecule has 2 heterocycles. The van der Waals surface area contributed by atoms with Gasteiger partial charge < -0.3 is 5.32 Å². The van der Waals surface area contributed by atoms with Crippen molar-refractivity contribution in [2.24, 2.45) is 0 Å². The molecule has 4 heteroatoms. The molecule has 2 rings (SSSR count). The summed E-state index contributed by atoms with van der Waals surface area (Å²) in [6.07, 6.45) is 6.61. The van der Waals surface area contributed by atoms with E-state index in [0.29, 0.717) is 5.56 Å². The van der Waals surface area contributed by atoms with E-state index < -0.39 is 0 Å². The molecule has 0 bridgehead atoms. The first-order valence-corrected chi connectivity index (χ1v) is 5.38. The third-order valence-corrected chi connectivity index (χ3v) is 2.48. The fourth-order valence-electron chi connectivity index (χ4n) is 1.51. The Morgan fingerprint density at radius 2 is 1.94 bits per heavy atom. The van der Waals surface area contributed by atoms with Gasteiger partial charge in [-0.2, -0.15) is 0 Å². The Hall–Kier alpha value is -2.23. The van der Waals surface area contributed by atoms with E-state index in [1.807, 2.05) is 19.1 Å². The predicted octanol–water partition coefficient (Wildman–Crippen LogP) is 1.97. The first-order chi connectivity index (χ1) is 8.27. The van der Waals surface area contributed by atoms with E-state index in [1.165, 1.54) is 0 Å². The lowest BCUT2D eigenvalue weighted by molar-refractivity contribution is 0.0939. The lowest BCUT2D eigenvalue weighted by Crippen LogP contribution is -2.26. The van der Waals surface area contributed by atoms with E-state index in [0.717, 1.165) is 5.56 Å². The first-order valence-electron chi connectivity index (χ1n) is 5.38. The number of aromatic nitrogens is 2. The van der Waals surface area contributed by atoms with Crippen LogP contribution in [0.15, 0.2) is 49.1 Å². The third kappa shape index (κ3) is 2.87. The second-order valence-electron chi connectivity index (χ2n) is 3.72. The molecule has 86 valence electrons. The van der Waals surface area contributed by atoms with Gasteiger partial charge in [0, 0.05) is 24.8 Å². The van der Waals surface area contributed by atoms with Gasteiger partial charge in [0.25, 0.3) is 5.91 Å². The van der Waals surface area contributed by atoms with Gasteiger partial charge in [0.1, 0.15) is 0 Å². The average molecular weight is 227 g/mol. The van der Waals surface area contributed by atoms with Gasteiger partial charge in [-0.15, -0.1) is 0 Å². The lowest BCUT2D eigenvalue weighted by Gasteiger charge is -2.13. The van der Waals surface area contributed by atoms with Crippen molar-refractivity contribution in [2.75, 3.05) is 0 Å². The van der Waals surface area contributed by atoms with Crippen LogP contribution in [0, 0.1) is 0 Å². The molecule has 0 spiro atoms. The molecule has 0 fully saturated rings. The van der Waals surface area contributed by atoms with Crippen molar-refractivity contribution in [3.8, 4) is 0 Å². The number of nitrogens with one attached hydrogen (secondary N) is 1. The van der Waals surface area contributed by atoms with Crippen molar-refractivity contribution in [1.82, 2.24) is 15.3 Å². The Kier molecular flexibility index (Phi) is 3.45. The van der Waals surface area contributed by atoms with Crippen LogP contribution in [0.1, 0.15) is 28.9 Å². The third-order valence-electron chi connectivity index (χ3n) is 2.48. The lowest BCUT2D eigenvalue weighted by atomic mass is 10.1. The van der Waals surface area contributed by atoms with Crippen LogP contribution in [0.25, 0.3) is 0 Å². The quantitative estimate of drug-likeness (QED) is 0.872. The van der Waals surface area contributed by atoms with Crippen LogP contribution in [0.5, 0.6) is 0 Å². The molecular weight excluding hydrogens is 214 g/mol. The van der Waals surface area contributed by atoms with Crippen LogP contribution in [0.3, 0.4) is 0 Å². The van der Waals surface area contributed by atoms with E-state index in [2.05, 4.69) is 15.3 Å². The Labute approximate surface area is 99.7 Å². The number of hydrogen-bond acceptors (Lipinski definition) is 3. The number of pyridine rings is 2. The molecular formula is C13H13N3O. The van der Waals surface area contributed by atoms with Crippen molar-refractivity contribution in [3.63, 3.8) is 0 Å². The average Bonchev–Trinajstić information content (AvgIpc) is 2.40. The van der Waals surface area contributed by atoms with Crippen molar-refractivity contribution in [1.29, 1.82) is 0 Å². The molecule has 0 saturated heterocycles. The standard InChI is InChI=1S/C13H13N3O/c1-10(11-4-7-14-8-5-11)16-13(17)12-3-2-6-15-9-12/h2-10H,1H3,(H,16,17)/t10-/m1/s1. The zero-order valence-electron chi connectivity index (χ0n) is 9.50. The summed E-state index contributed by atoms with van der Waals surface area (Å²) in [6.45, 7) is 1.93. The molecule has 0 saturated carbocycles. The molecule has 1 amide bonds.